The summed E-state index contributed by atoms with van der Waals surface area (Å²) >= 11 is 0. The molecule has 0 fully saturated rings. The van der Waals surface area contributed by atoms with E-state index in [2.05, 4.69) is 0 Å². The Kier molecular flexibility index (Phi) is 4.02. The monoisotopic (exact) mass is 289 g/mol. The van der Waals surface area contributed by atoms with Crippen LogP contribution >= 0.6 is 0 Å². The number of hydrogen-bond donors (Lipinski definition) is 1. The zero-order valence-corrected chi connectivity index (χ0v) is 10.0. The number of nitrogens with one attached hydrogen (secondary N) is 1. The first-order valence-corrected chi connectivity index (χ1v) is 6.33. The van der Waals surface area contributed by atoms with Crippen LogP contribution in [0.15, 0.2) is 18.2 Å². The summed E-state index contributed by atoms with van der Waals surface area (Å²) in [5.41, 5.74) is -2.22. The van der Waals surface area contributed by atoms with Crippen LogP contribution in [-0.4, -0.2) is 14.2 Å². The van der Waals surface area contributed by atoms with Gasteiger partial charge in [-0.15, -0.1) is 0 Å². The van der Waals surface area contributed by atoms with E-state index < -0.39 is 33.1 Å². The maximum Gasteiger partial charge on any atom is 0.417 e. The highest BCUT2D eigenvalue weighted by Crippen LogP contribution is 2.33. The van der Waals surface area contributed by atoms with Gasteiger partial charge in [-0.25, -0.2) is 8.42 Å². The molecule has 5 nitrogen and oxygen atoms in total. The van der Waals surface area contributed by atoms with Gasteiger partial charge in [0.25, 0.3) is 0 Å². The van der Waals surface area contributed by atoms with Gasteiger partial charge in [0.1, 0.15) is 0 Å². The molecular weight excluding hydrogens is 283 g/mol. The zero-order valence-electron chi connectivity index (χ0n) is 9.19. The van der Waals surface area contributed by atoms with E-state index in [9.17, 15) is 21.6 Å². The molecule has 0 aromatic heterocycles. The number of hydrogen-bond acceptors (Lipinski definition) is 4. The van der Waals surface area contributed by atoms with Gasteiger partial charge in [-0.3, -0.25) is 4.72 Å². The maximum absolute atomic E-state index is 12.6. The van der Waals surface area contributed by atoms with Crippen molar-refractivity contribution in [2.24, 2.45) is 0 Å². The van der Waals surface area contributed by atoms with Crippen molar-refractivity contribution in [2.75, 3.05) is 10.5 Å². The highest BCUT2D eigenvalue weighted by atomic mass is 32.2. The quantitative estimate of drug-likeness (QED) is 0.918. The van der Waals surface area contributed by atoms with Gasteiger partial charge >= 0.3 is 6.18 Å². The van der Waals surface area contributed by atoms with Gasteiger partial charge in [-0.2, -0.15) is 23.7 Å². The largest absolute Gasteiger partial charge is 0.417 e. The lowest BCUT2D eigenvalue weighted by Crippen LogP contribution is -2.16. The normalized spacial score (nSPS) is 11.4. The summed E-state index contributed by atoms with van der Waals surface area (Å²) in [5.74, 6) is -0.881. The minimum Gasteiger partial charge on any atom is -0.283 e. The fourth-order valence-corrected chi connectivity index (χ4v) is 1.97. The summed E-state index contributed by atoms with van der Waals surface area (Å²) in [6.07, 6.45) is -4.78. The first-order valence-electron chi connectivity index (χ1n) is 4.68. The van der Waals surface area contributed by atoms with Gasteiger partial charge < -0.3 is 0 Å². The van der Waals surface area contributed by atoms with Crippen molar-refractivity contribution in [3.63, 3.8) is 0 Å². The maximum atomic E-state index is 12.6. The van der Waals surface area contributed by atoms with Crippen LogP contribution in [0.4, 0.5) is 18.9 Å². The number of sulfonamides is 1. The molecular formula is C10H6F3N3O2S. The Morgan fingerprint density at radius 2 is 1.89 bits per heavy atom. The van der Waals surface area contributed by atoms with Gasteiger partial charge in [0.05, 0.1) is 23.3 Å². The molecule has 19 heavy (non-hydrogen) atoms. The topological polar surface area (TPSA) is 93.8 Å². The molecule has 1 aromatic carbocycles. The summed E-state index contributed by atoms with van der Waals surface area (Å²) in [4.78, 5) is 0. The smallest absolute Gasteiger partial charge is 0.283 e. The third-order valence-electron chi connectivity index (χ3n) is 1.97. The highest BCUT2D eigenvalue weighted by Gasteiger charge is 2.34. The van der Waals surface area contributed by atoms with Crippen LogP contribution in [0.1, 0.15) is 11.1 Å². The van der Waals surface area contributed by atoms with E-state index in [1.807, 2.05) is 4.72 Å². The van der Waals surface area contributed by atoms with Gasteiger partial charge in [-0.05, 0) is 18.2 Å². The third-order valence-corrected chi connectivity index (χ3v) is 3.03. The standard InChI is InChI=1S/C10H6F3N3O2S/c11-10(12,13)9-5-8(2-1-7(9)6-15)16-19(17,18)4-3-14/h1-2,5,16H,4H2. The number of benzene rings is 1. The van der Waals surface area contributed by atoms with Crippen LogP contribution in [0.3, 0.4) is 0 Å². The van der Waals surface area contributed by atoms with E-state index in [1.165, 1.54) is 12.1 Å². The molecule has 0 bridgehead atoms. The Balaban J connectivity index is 3.22. The molecule has 1 aromatic rings. The molecule has 1 N–H and O–H groups in total. The van der Waals surface area contributed by atoms with Crippen LogP contribution in [0, 0.1) is 22.7 Å². The number of nitrogens with zero attached hydrogens (tertiary/aromatic N) is 2. The van der Waals surface area contributed by atoms with E-state index in [1.54, 1.807) is 0 Å². The molecule has 0 aliphatic heterocycles. The van der Waals surface area contributed by atoms with Crippen molar-refractivity contribution in [1.82, 2.24) is 0 Å². The summed E-state index contributed by atoms with van der Waals surface area (Å²) in [5, 5.41) is 16.8. The Hall–Kier alpha value is -2.26. The van der Waals surface area contributed by atoms with E-state index in [0.29, 0.717) is 6.07 Å². The van der Waals surface area contributed by atoms with Gasteiger partial charge in [0.15, 0.2) is 5.75 Å². The Labute approximate surface area is 106 Å². The minimum absolute atomic E-state index is 0.360. The van der Waals surface area contributed by atoms with Crippen LogP contribution < -0.4 is 4.72 Å². The van der Waals surface area contributed by atoms with Crippen molar-refractivity contribution in [3.8, 4) is 12.1 Å². The molecule has 0 aliphatic carbocycles. The number of anilines is 1. The first kappa shape index (κ1) is 14.8. The average molecular weight is 289 g/mol. The van der Waals surface area contributed by atoms with Crippen molar-refractivity contribution in [2.45, 2.75) is 6.18 Å². The number of nitriles is 2. The summed E-state index contributed by atoms with van der Waals surface area (Å²) < 4.78 is 62.1. The number of rotatable bonds is 3. The van der Waals surface area contributed by atoms with Crippen molar-refractivity contribution in [1.29, 1.82) is 10.5 Å². The van der Waals surface area contributed by atoms with Crippen molar-refractivity contribution in [3.05, 3.63) is 29.3 Å². The molecule has 100 valence electrons. The van der Waals surface area contributed by atoms with Crippen LogP contribution in [0.25, 0.3) is 0 Å². The molecule has 0 spiro atoms. The van der Waals surface area contributed by atoms with Crippen LogP contribution in [0.5, 0.6) is 0 Å². The number of alkyl halides is 3. The molecule has 0 atom stereocenters. The summed E-state index contributed by atoms with van der Waals surface area (Å²) in [7, 11) is -4.03. The molecule has 0 radical (unpaired) electrons. The van der Waals surface area contributed by atoms with E-state index >= 15 is 0 Å². The van der Waals surface area contributed by atoms with Crippen LogP contribution in [-0.2, 0) is 16.2 Å². The van der Waals surface area contributed by atoms with Crippen molar-refractivity contribution < 1.29 is 21.6 Å². The minimum atomic E-state index is -4.78. The molecule has 1 rings (SSSR count). The van der Waals surface area contributed by atoms with E-state index in [0.717, 1.165) is 12.1 Å². The van der Waals surface area contributed by atoms with Crippen LogP contribution in [0.2, 0.25) is 0 Å². The van der Waals surface area contributed by atoms with Gasteiger partial charge in [0, 0.05) is 5.69 Å². The predicted molar refractivity (Wildman–Crippen MR) is 59.2 cm³/mol. The fourth-order valence-electron chi connectivity index (χ4n) is 1.24. The lowest BCUT2D eigenvalue weighted by molar-refractivity contribution is -0.137. The highest BCUT2D eigenvalue weighted by molar-refractivity contribution is 7.92. The molecule has 0 heterocycles. The first-order chi connectivity index (χ1) is 8.69. The Bertz CT molecular complexity index is 669. The molecule has 0 aliphatic rings. The van der Waals surface area contributed by atoms with Crippen molar-refractivity contribution >= 4 is 15.7 Å². The Morgan fingerprint density at radius 3 is 2.37 bits per heavy atom. The third kappa shape index (κ3) is 3.86. The lowest BCUT2D eigenvalue weighted by atomic mass is 10.1. The molecule has 0 amide bonds. The Morgan fingerprint density at radius 1 is 1.26 bits per heavy atom. The second-order valence-electron chi connectivity index (χ2n) is 3.39. The summed E-state index contributed by atoms with van der Waals surface area (Å²) in [6.45, 7) is 0. The fraction of sp³-hybridized carbons (Fsp3) is 0.200. The molecule has 9 heteroatoms. The van der Waals surface area contributed by atoms with Gasteiger partial charge in [-0.1, -0.05) is 0 Å². The van der Waals surface area contributed by atoms with E-state index in [4.69, 9.17) is 10.5 Å². The zero-order chi connectivity index (χ0) is 14.7. The second-order valence-corrected chi connectivity index (χ2v) is 5.11. The molecule has 0 unspecified atom stereocenters. The molecule has 0 saturated heterocycles. The number of halogens is 3. The molecule has 0 saturated carbocycles. The summed E-state index contributed by atoms with van der Waals surface area (Å²) in [6, 6.07) is 5.12. The average Bonchev–Trinajstić information content (AvgIpc) is 2.27. The predicted octanol–water partition coefficient (Wildman–Crippen LogP) is 1.84. The second kappa shape index (κ2) is 5.16. The lowest BCUT2D eigenvalue weighted by Gasteiger charge is -2.11. The van der Waals surface area contributed by atoms with Gasteiger partial charge in [0.2, 0.25) is 10.0 Å². The van der Waals surface area contributed by atoms with E-state index in [-0.39, 0.29) is 5.69 Å². The SMILES string of the molecule is N#CCS(=O)(=O)Nc1ccc(C#N)c(C(F)(F)F)c1.